The molecule has 1 aromatic carbocycles. The third-order valence-electron chi connectivity index (χ3n) is 4.89. The predicted molar refractivity (Wildman–Crippen MR) is 104 cm³/mol. The van der Waals surface area contributed by atoms with E-state index in [9.17, 15) is 14.0 Å². The Bertz CT molecular complexity index is 905. The molecule has 1 amide bonds. The molecule has 0 aliphatic carbocycles. The summed E-state index contributed by atoms with van der Waals surface area (Å²) in [6.45, 7) is 5.64. The minimum absolute atomic E-state index is 0.0209. The number of carbonyl (C=O) groups is 1. The highest BCUT2D eigenvalue weighted by Crippen LogP contribution is 2.20. The molecule has 8 heteroatoms. The molecular weight excluding hydrogens is 363 g/mol. The number of methoxy groups -OCH3 is 1. The fourth-order valence-electron chi connectivity index (χ4n) is 3.29. The first-order valence-electron chi connectivity index (χ1n) is 9.35. The first kappa shape index (κ1) is 19.9. The number of hydrogen-bond donors (Lipinski definition) is 1. The molecule has 150 valence electrons. The van der Waals surface area contributed by atoms with Crippen molar-refractivity contribution in [3.05, 3.63) is 51.7 Å². The quantitative estimate of drug-likeness (QED) is 0.847. The van der Waals surface area contributed by atoms with E-state index in [1.807, 2.05) is 29.2 Å². The average molecular weight is 388 g/mol. The van der Waals surface area contributed by atoms with Crippen LogP contribution in [0.4, 0.5) is 10.3 Å². The van der Waals surface area contributed by atoms with Crippen LogP contribution >= 0.6 is 0 Å². The summed E-state index contributed by atoms with van der Waals surface area (Å²) in [5.41, 5.74) is 0.250. The molecule has 2 aromatic rings. The predicted octanol–water partition coefficient (Wildman–Crippen LogP) is 1.93. The molecule has 0 spiro atoms. The van der Waals surface area contributed by atoms with Crippen LogP contribution in [0.15, 0.2) is 29.1 Å². The zero-order valence-corrected chi connectivity index (χ0v) is 16.4. The molecule has 1 aliphatic heterocycles. The lowest BCUT2D eigenvalue weighted by atomic mass is 10.1. The van der Waals surface area contributed by atoms with Crippen LogP contribution in [-0.2, 0) is 11.2 Å². The van der Waals surface area contributed by atoms with Crippen LogP contribution in [0, 0.1) is 5.82 Å². The van der Waals surface area contributed by atoms with Gasteiger partial charge in [-0.05, 0) is 12.0 Å². The zero-order chi connectivity index (χ0) is 20.3. The molecule has 1 fully saturated rings. The number of rotatable bonds is 5. The third-order valence-corrected chi connectivity index (χ3v) is 4.89. The summed E-state index contributed by atoms with van der Waals surface area (Å²) >= 11 is 0. The van der Waals surface area contributed by atoms with Crippen molar-refractivity contribution in [1.29, 1.82) is 0 Å². The number of aromatic nitrogens is 2. The molecule has 28 heavy (non-hydrogen) atoms. The van der Waals surface area contributed by atoms with Gasteiger partial charge in [-0.1, -0.05) is 32.0 Å². The van der Waals surface area contributed by atoms with Gasteiger partial charge in [-0.25, -0.2) is 4.98 Å². The molecule has 0 radical (unpaired) electrons. The Hall–Kier alpha value is -2.90. The summed E-state index contributed by atoms with van der Waals surface area (Å²) in [7, 11) is 1.59. The van der Waals surface area contributed by atoms with E-state index in [1.54, 1.807) is 25.9 Å². The first-order chi connectivity index (χ1) is 13.4. The monoisotopic (exact) mass is 388 g/mol. The van der Waals surface area contributed by atoms with Gasteiger partial charge in [0.05, 0.1) is 19.2 Å². The van der Waals surface area contributed by atoms with E-state index >= 15 is 0 Å². The van der Waals surface area contributed by atoms with Crippen LogP contribution in [0.5, 0.6) is 5.75 Å². The molecule has 1 aromatic heterocycles. The van der Waals surface area contributed by atoms with E-state index in [4.69, 9.17) is 4.74 Å². The minimum Gasteiger partial charge on any atom is -0.496 e. The highest BCUT2D eigenvalue weighted by Gasteiger charge is 2.24. The zero-order valence-electron chi connectivity index (χ0n) is 16.4. The van der Waals surface area contributed by atoms with Crippen LogP contribution < -0.4 is 15.2 Å². The van der Waals surface area contributed by atoms with Crippen LogP contribution in [-0.4, -0.2) is 54.1 Å². The number of hydrogen-bond acceptors (Lipinski definition) is 5. The van der Waals surface area contributed by atoms with Crippen molar-refractivity contribution in [3.63, 3.8) is 0 Å². The van der Waals surface area contributed by atoms with E-state index in [0.717, 1.165) is 5.56 Å². The number of halogens is 1. The summed E-state index contributed by atoms with van der Waals surface area (Å²) in [6.07, 6.45) is 0.271. The topological polar surface area (TPSA) is 78.5 Å². The van der Waals surface area contributed by atoms with E-state index in [1.165, 1.54) is 0 Å². The summed E-state index contributed by atoms with van der Waals surface area (Å²) in [6, 6.07) is 7.47. The summed E-state index contributed by atoms with van der Waals surface area (Å²) in [5, 5.41) is 0. The lowest BCUT2D eigenvalue weighted by molar-refractivity contribution is -0.130. The molecule has 2 heterocycles. The van der Waals surface area contributed by atoms with Gasteiger partial charge in [0.2, 0.25) is 17.7 Å². The number of aromatic amines is 1. The van der Waals surface area contributed by atoms with Gasteiger partial charge in [-0.15, -0.1) is 0 Å². The van der Waals surface area contributed by atoms with Gasteiger partial charge in [-0.3, -0.25) is 14.6 Å². The van der Waals surface area contributed by atoms with Crippen molar-refractivity contribution in [2.24, 2.45) is 0 Å². The smallest absolute Gasteiger partial charge is 0.288 e. The molecule has 0 unspecified atom stereocenters. The lowest BCUT2D eigenvalue weighted by Gasteiger charge is -2.35. The number of para-hydroxylation sites is 1. The molecule has 1 aliphatic rings. The van der Waals surface area contributed by atoms with E-state index in [2.05, 4.69) is 9.97 Å². The maximum Gasteiger partial charge on any atom is 0.288 e. The summed E-state index contributed by atoms with van der Waals surface area (Å²) < 4.78 is 19.3. The van der Waals surface area contributed by atoms with Gasteiger partial charge >= 0.3 is 0 Å². The van der Waals surface area contributed by atoms with Crippen molar-refractivity contribution >= 4 is 11.9 Å². The Balaban J connectivity index is 1.66. The van der Waals surface area contributed by atoms with Crippen LogP contribution in [0.3, 0.4) is 0 Å². The first-order valence-corrected chi connectivity index (χ1v) is 9.35. The van der Waals surface area contributed by atoms with E-state index in [-0.39, 0.29) is 23.9 Å². The fraction of sp³-hybridized carbons (Fsp3) is 0.450. The Kier molecular flexibility index (Phi) is 5.96. The number of benzene rings is 1. The van der Waals surface area contributed by atoms with E-state index < -0.39 is 11.4 Å². The normalized spacial score (nSPS) is 14.5. The largest absolute Gasteiger partial charge is 0.496 e. The van der Waals surface area contributed by atoms with Crippen molar-refractivity contribution < 1.29 is 13.9 Å². The highest BCUT2D eigenvalue weighted by atomic mass is 19.1. The third kappa shape index (κ3) is 4.16. The standard InChI is InChI=1S/C20H25FN4O3/c1-13(2)18-17(21)19(27)23-20(22-18)25-10-8-24(9-11-25)16(26)12-14-6-4-5-7-15(14)28-3/h4-7,13H,8-12H2,1-3H3,(H,22,23,27). The average Bonchev–Trinajstić information content (AvgIpc) is 2.70. The molecule has 0 bridgehead atoms. The maximum atomic E-state index is 13.9. The molecule has 7 nitrogen and oxygen atoms in total. The second kappa shape index (κ2) is 8.41. The number of piperazine rings is 1. The molecular formula is C20H25FN4O3. The number of H-pyrrole nitrogens is 1. The lowest BCUT2D eigenvalue weighted by Crippen LogP contribution is -2.50. The summed E-state index contributed by atoms with van der Waals surface area (Å²) in [4.78, 5) is 35.0. The van der Waals surface area contributed by atoms with Crippen molar-refractivity contribution in [2.45, 2.75) is 26.2 Å². The Labute approximate surface area is 163 Å². The highest BCUT2D eigenvalue weighted by molar-refractivity contribution is 5.79. The molecule has 1 N–H and O–H groups in total. The van der Waals surface area contributed by atoms with Gasteiger partial charge < -0.3 is 14.5 Å². The number of nitrogens with one attached hydrogen (secondary N) is 1. The molecule has 0 saturated carbocycles. The van der Waals surface area contributed by atoms with Gasteiger partial charge in [0.15, 0.2) is 0 Å². The van der Waals surface area contributed by atoms with Gasteiger partial charge in [-0.2, -0.15) is 4.39 Å². The molecule has 0 atom stereocenters. The van der Waals surface area contributed by atoms with Crippen LogP contribution in [0.25, 0.3) is 0 Å². The number of amides is 1. The summed E-state index contributed by atoms with van der Waals surface area (Å²) in [5.74, 6) is 0.0532. The molecule has 1 saturated heterocycles. The number of carbonyl (C=O) groups excluding carboxylic acids is 1. The van der Waals surface area contributed by atoms with Gasteiger partial charge in [0.25, 0.3) is 5.56 Å². The minimum atomic E-state index is -0.829. The van der Waals surface area contributed by atoms with Gasteiger partial charge in [0, 0.05) is 31.7 Å². The van der Waals surface area contributed by atoms with Crippen molar-refractivity contribution in [3.8, 4) is 5.75 Å². The van der Waals surface area contributed by atoms with Crippen molar-refractivity contribution in [1.82, 2.24) is 14.9 Å². The fourth-order valence-corrected chi connectivity index (χ4v) is 3.29. The molecule has 3 rings (SSSR count). The van der Waals surface area contributed by atoms with Crippen LogP contribution in [0.2, 0.25) is 0 Å². The SMILES string of the molecule is COc1ccccc1CC(=O)N1CCN(c2nc(C(C)C)c(F)c(=O)[nH]2)CC1. The van der Waals surface area contributed by atoms with Crippen LogP contribution in [0.1, 0.15) is 31.0 Å². The van der Waals surface area contributed by atoms with Gasteiger partial charge in [0.1, 0.15) is 5.75 Å². The second-order valence-electron chi connectivity index (χ2n) is 7.10. The maximum absolute atomic E-state index is 13.9. The number of anilines is 1. The number of nitrogens with zero attached hydrogens (tertiary/aromatic N) is 3. The Morgan fingerprint density at radius 1 is 1.25 bits per heavy atom. The second-order valence-corrected chi connectivity index (χ2v) is 7.10. The Morgan fingerprint density at radius 3 is 2.57 bits per heavy atom. The van der Waals surface area contributed by atoms with Crippen molar-refractivity contribution in [2.75, 3.05) is 38.2 Å². The van der Waals surface area contributed by atoms with E-state index in [0.29, 0.717) is 37.9 Å². The Morgan fingerprint density at radius 2 is 1.93 bits per heavy atom. The number of ether oxygens (including phenoxy) is 1.